The molecule has 1 amide bonds. The van der Waals surface area contributed by atoms with Gasteiger partial charge in [-0.15, -0.1) is 0 Å². The van der Waals surface area contributed by atoms with Crippen LogP contribution < -0.4 is 5.32 Å². The van der Waals surface area contributed by atoms with E-state index in [1.54, 1.807) is 25.1 Å². The van der Waals surface area contributed by atoms with Gasteiger partial charge in [-0.05, 0) is 31.0 Å². The Morgan fingerprint density at radius 2 is 1.91 bits per heavy atom. The van der Waals surface area contributed by atoms with Gasteiger partial charge in [-0.25, -0.2) is 0 Å². The molecule has 116 valence electrons. The SMILES string of the molecule is CC(O)c1ccccc1NC(=O)CCc1cccc(Cl)c1Cl. The van der Waals surface area contributed by atoms with Gasteiger partial charge in [-0.1, -0.05) is 53.5 Å². The fourth-order valence-electron chi connectivity index (χ4n) is 2.18. The van der Waals surface area contributed by atoms with Crippen molar-refractivity contribution in [1.82, 2.24) is 0 Å². The third-order valence-electron chi connectivity index (χ3n) is 3.34. The molecule has 0 heterocycles. The second kappa shape index (κ2) is 7.63. The van der Waals surface area contributed by atoms with Gasteiger partial charge in [0.25, 0.3) is 0 Å². The van der Waals surface area contributed by atoms with Gasteiger partial charge in [0, 0.05) is 17.7 Å². The second-order valence-corrected chi connectivity index (χ2v) is 5.81. The molecule has 0 aliphatic rings. The summed E-state index contributed by atoms with van der Waals surface area (Å²) in [4.78, 5) is 12.1. The highest BCUT2D eigenvalue weighted by molar-refractivity contribution is 6.42. The van der Waals surface area contributed by atoms with E-state index in [1.165, 1.54) is 0 Å². The molecule has 2 aromatic rings. The molecule has 0 bridgehead atoms. The summed E-state index contributed by atoms with van der Waals surface area (Å²) in [5.74, 6) is -0.135. The highest BCUT2D eigenvalue weighted by Gasteiger charge is 2.11. The van der Waals surface area contributed by atoms with Crippen molar-refractivity contribution in [2.45, 2.75) is 25.9 Å². The van der Waals surface area contributed by atoms with Crippen LogP contribution in [0.15, 0.2) is 42.5 Å². The van der Waals surface area contributed by atoms with E-state index in [4.69, 9.17) is 23.2 Å². The van der Waals surface area contributed by atoms with E-state index in [9.17, 15) is 9.90 Å². The van der Waals surface area contributed by atoms with Crippen molar-refractivity contribution in [1.29, 1.82) is 0 Å². The normalized spacial score (nSPS) is 12.0. The Labute approximate surface area is 139 Å². The molecule has 1 unspecified atom stereocenters. The molecule has 2 rings (SSSR count). The lowest BCUT2D eigenvalue weighted by Gasteiger charge is -2.13. The monoisotopic (exact) mass is 337 g/mol. The zero-order chi connectivity index (χ0) is 16.1. The number of nitrogens with one attached hydrogen (secondary N) is 1. The molecule has 0 fully saturated rings. The summed E-state index contributed by atoms with van der Waals surface area (Å²) in [7, 11) is 0. The summed E-state index contributed by atoms with van der Waals surface area (Å²) in [6, 6.07) is 12.6. The lowest BCUT2D eigenvalue weighted by atomic mass is 10.1. The maximum Gasteiger partial charge on any atom is 0.224 e. The van der Waals surface area contributed by atoms with Gasteiger partial charge < -0.3 is 10.4 Å². The molecule has 1 atom stereocenters. The summed E-state index contributed by atoms with van der Waals surface area (Å²) < 4.78 is 0. The predicted octanol–water partition coefficient (Wildman–Crippen LogP) is 4.62. The number of rotatable bonds is 5. The Balaban J connectivity index is 2.01. The third kappa shape index (κ3) is 4.23. The quantitative estimate of drug-likeness (QED) is 0.836. The maximum absolute atomic E-state index is 12.1. The van der Waals surface area contributed by atoms with Crippen LogP contribution in [0.3, 0.4) is 0 Å². The van der Waals surface area contributed by atoms with E-state index in [-0.39, 0.29) is 12.3 Å². The minimum absolute atomic E-state index is 0.135. The van der Waals surface area contributed by atoms with Crippen LogP contribution in [0.4, 0.5) is 5.69 Å². The largest absolute Gasteiger partial charge is 0.389 e. The topological polar surface area (TPSA) is 49.3 Å². The fourth-order valence-corrected chi connectivity index (χ4v) is 2.59. The molecule has 0 spiro atoms. The average molecular weight is 338 g/mol. The van der Waals surface area contributed by atoms with Gasteiger partial charge in [-0.3, -0.25) is 4.79 Å². The van der Waals surface area contributed by atoms with Crippen LogP contribution in [0.5, 0.6) is 0 Å². The maximum atomic E-state index is 12.1. The molecule has 0 aliphatic carbocycles. The fraction of sp³-hybridized carbons (Fsp3) is 0.235. The standard InChI is InChI=1S/C17H17Cl2NO2/c1-11(21)13-6-2-3-8-15(13)20-16(22)10-9-12-5-4-7-14(18)17(12)19/h2-8,11,21H,9-10H2,1H3,(H,20,22). The van der Waals surface area contributed by atoms with Gasteiger partial charge in [0.15, 0.2) is 0 Å². The third-order valence-corrected chi connectivity index (χ3v) is 4.20. The van der Waals surface area contributed by atoms with Gasteiger partial charge >= 0.3 is 0 Å². The summed E-state index contributed by atoms with van der Waals surface area (Å²) in [5.41, 5.74) is 2.16. The van der Waals surface area contributed by atoms with Crippen molar-refractivity contribution in [3.63, 3.8) is 0 Å². The van der Waals surface area contributed by atoms with E-state index >= 15 is 0 Å². The number of carbonyl (C=O) groups is 1. The summed E-state index contributed by atoms with van der Waals surface area (Å²) in [6.45, 7) is 1.66. The lowest BCUT2D eigenvalue weighted by molar-refractivity contribution is -0.116. The van der Waals surface area contributed by atoms with E-state index in [1.807, 2.05) is 24.3 Å². The number of amides is 1. The highest BCUT2D eigenvalue weighted by atomic mass is 35.5. The van der Waals surface area contributed by atoms with E-state index < -0.39 is 6.10 Å². The highest BCUT2D eigenvalue weighted by Crippen LogP contribution is 2.27. The number of anilines is 1. The Morgan fingerprint density at radius 3 is 2.64 bits per heavy atom. The number of benzene rings is 2. The van der Waals surface area contributed by atoms with Crippen molar-refractivity contribution in [3.05, 3.63) is 63.6 Å². The van der Waals surface area contributed by atoms with Crippen molar-refractivity contribution in [3.8, 4) is 0 Å². The van der Waals surface area contributed by atoms with Crippen LogP contribution in [0.2, 0.25) is 10.0 Å². The Bertz CT molecular complexity index is 671. The molecular weight excluding hydrogens is 321 g/mol. The number of halogens is 2. The molecule has 0 aromatic heterocycles. The molecule has 0 aliphatic heterocycles. The molecule has 22 heavy (non-hydrogen) atoms. The van der Waals surface area contributed by atoms with Gasteiger partial charge in [-0.2, -0.15) is 0 Å². The predicted molar refractivity (Wildman–Crippen MR) is 90.5 cm³/mol. The first kappa shape index (κ1) is 16.8. The number of para-hydroxylation sites is 1. The zero-order valence-corrected chi connectivity index (χ0v) is 13.7. The van der Waals surface area contributed by atoms with E-state index in [0.717, 1.165) is 5.56 Å². The Morgan fingerprint density at radius 1 is 1.18 bits per heavy atom. The summed E-state index contributed by atoms with van der Waals surface area (Å²) in [6.07, 6.45) is 0.148. The minimum Gasteiger partial charge on any atom is -0.389 e. The van der Waals surface area contributed by atoms with Crippen LogP contribution in [0.1, 0.15) is 30.6 Å². The number of hydrogen-bond acceptors (Lipinski definition) is 2. The molecule has 0 saturated heterocycles. The molecule has 0 radical (unpaired) electrons. The first-order valence-electron chi connectivity index (χ1n) is 6.98. The van der Waals surface area contributed by atoms with E-state index in [2.05, 4.69) is 5.32 Å². The van der Waals surface area contributed by atoms with Crippen molar-refractivity contribution >= 4 is 34.8 Å². The average Bonchev–Trinajstić information content (AvgIpc) is 2.49. The molecule has 3 nitrogen and oxygen atoms in total. The molecule has 0 saturated carbocycles. The van der Waals surface area contributed by atoms with Crippen molar-refractivity contribution in [2.75, 3.05) is 5.32 Å². The summed E-state index contributed by atoms with van der Waals surface area (Å²) in [5, 5.41) is 13.5. The zero-order valence-electron chi connectivity index (χ0n) is 12.1. The Kier molecular flexibility index (Phi) is 5.83. The smallest absolute Gasteiger partial charge is 0.224 e. The second-order valence-electron chi connectivity index (χ2n) is 5.02. The van der Waals surface area contributed by atoms with E-state index in [0.29, 0.717) is 27.7 Å². The van der Waals surface area contributed by atoms with Gasteiger partial charge in [0.2, 0.25) is 5.91 Å². The van der Waals surface area contributed by atoms with Crippen LogP contribution in [0, 0.1) is 0 Å². The van der Waals surface area contributed by atoms with Crippen LogP contribution in [-0.2, 0) is 11.2 Å². The number of aliphatic hydroxyl groups excluding tert-OH is 1. The first-order valence-corrected chi connectivity index (χ1v) is 7.74. The lowest BCUT2D eigenvalue weighted by Crippen LogP contribution is -2.14. The molecule has 5 heteroatoms. The van der Waals surface area contributed by atoms with Crippen LogP contribution in [-0.4, -0.2) is 11.0 Å². The number of aliphatic hydroxyl groups is 1. The molecule has 2 N–H and O–H groups in total. The first-order chi connectivity index (χ1) is 10.5. The van der Waals surface area contributed by atoms with Crippen LogP contribution in [0.25, 0.3) is 0 Å². The number of aryl methyl sites for hydroxylation is 1. The van der Waals surface area contributed by atoms with Gasteiger partial charge in [0.05, 0.1) is 16.1 Å². The number of carbonyl (C=O) groups excluding carboxylic acids is 1. The molecule has 2 aromatic carbocycles. The Hall–Kier alpha value is -1.55. The minimum atomic E-state index is -0.640. The van der Waals surface area contributed by atoms with Crippen molar-refractivity contribution in [2.24, 2.45) is 0 Å². The molecular formula is C17H17Cl2NO2. The van der Waals surface area contributed by atoms with Crippen LogP contribution >= 0.6 is 23.2 Å². The van der Waals surface area contributed by atoms with Crippen molar-refractivity contribution < 1.29 is 9.90 Å². The summed E-state index contributed by atoms with van der Waals surface area (Å²) >= 11 is 12.1. The van der Waals surface area contributed by atoms with Gasteiger partial charge in [0.1, 0.15) is 0 Å². The number of hydrogen-bond donors (Lipinski definition) is 2.